The van der Waals surface area contributed by atoms with E-state index in [1.807, 2.05) is 57.3 Å². The number of hydrogen-bond acceptors (Lipinski definition) is 2. The lowest BCUT2D eigenvalue weighted by Crippen LogP contribution is -2.06. The summed E-state index contributed by atoms with van der Waals surface area (Å²) in [7, 11) is -1.19. The molecule has 2 rings (SSSR count). The molecule has 112 valence electrons. The average Bonchev–Trinajstić information content (AvgIpc) is 2.87. The summed E-state index contributed by atoms with van der Waals surface area (Å²) in [6.07, 6.45) is 1.88. The molecule has 0 fully saturated rings. The van der Waals surface area contributed by atoms with Gasteiger partial charge in [0.15, 0.2) is 0 Å². The second kappa shape index (κ2) is 7.13. The van der Waals surface area contributed by atoms with Crippen molar-refractivity contribution in [1.82, 2.24) is 9.78 Å². The summed E-state index contributed by atoms with van der Waals surface area (Å²) in [5.41, 5.74) is 2.40. The number of halogens is 1. The van der Waals surface area contributed by atoms with E-state index in [-0.39, 0.29) is 0 Å². The van der Waals surface area contributed by atoms with Gasteiger partial charge >= 0.3 is 0 Å². The highest BCUT2D eigenvalue weighted by atomic mass is 79.9. The van der Waals surface area contributed by atoms with Gasteiger partial charge in [0, 0.05) is 16.4 Å². The first-order chi connectivity index (χ1) is 9.95. The van der Waals surface area contributed by atoms with Crippen LogP contribution >= 0.6 is 15.9 Å². The average molecular weight is 368 g/mol. The summed E-state index contributed by atoms with van der Waals surface area (Å²) in [5.74, 6) is 0.936. The SMILES string of the molecule is CC(=N[S@](=O)CC(C)C)c1ccn(-c2cccc(Br)c2)n1. The fraction of sp³-hybridized carbons (Fsp3) is 0.333. The molecule has 0 aliphatic rings. The molecule has 6 heteroatoms. The number of benzene rings is 1. The highest BCUT2D eigenvalue weighted by Crippen LogP contribution is 2.15. The van der Waals surface area contributed by atoms with Gasteiger partial charge < -0.3 is 0 Å². The van der Waals surface area contributed by atoms with Crippen LogP contribution in [-0.4, -0.2) is 25.5 Å². The fourth-order valence-electron chi connectivity index (χ4n) is 1.80. The predicted molar refractivity (Wildman–Crippen MR) is 91.3 cm³/mol. The second-order valence-electron chi connectivity index (χ2n) is 5.18. The molecule has 1 atom stereocenters. The van der Waals surface area contributed by atoms with Gasteiger partial charge in [0.2, 0.25) is 0 Å². The van der Waals surface area contributed by atoms with E-state index in [0.29, 0.717) is 17.4 Å². The van der Waals surface area contributed by atoms with Crippen LogP contribution in [0.4, 0.5) is 0 Å². The molecule has 0 saturated heterocycles. The van der Waals surface area contributed by atoms with Crippen molar-refractivity contribution >= 4 is 32.6 Å². The molecule has 0 radical (unpaired) electrons. The van der Waals surface area contributed by atoms with Gasteiger partial charge in [-0.15, -0.1) is 0 Å². The predicted octanol–water partition coefficient (Wildman–Crippen LogP) is 3.76. The Kier molecular flexibility index (Phi) is 5.47. The van der Waals surface area contributed by atoms with E-state index >= 15 is 0 Å². The zero-order valence-corrected chi connectivity index (χ0v) is 14.7. The molecular weight excluding hydrogens is 350 g/mol. The topological polar surface area (TPSA) is 47.2 Å². The van der Waals surface area contributed by atoms with Gasteiger partial charge in [0.1, 0.15) is 16.7 Å². The van der Waals surface area contributed by atoms with E-state index in [2.05, 4.69) is 25.4 Å². The van der Waals surface area contributed by atoms with Gasteiger partial charge in [-0.3, -0.25) is 0 Å². The van der Waals surface area contributed by atoms with E-state index in [1.165, 1.54) is 0 Å². The van der Waals surface area contributed by atoms with E-state index in [9.17, 15) is 4.21 Å². The molecule has 4 nitrogen and oxygen atoms in total. The Morgan fingerprint density at radius 2 is 2.19 bits per heavy atom. The van der Waals surface area contributed by atoms with Crippen molar-refractivity contribution in [3.63, 3.8) is 0 Å². The summed E-state index contributed by atoms with van der Waals surface area (Å²) in [5, 5.41) is 4.48. The molecule has 1 aromatic heterocycles. The Balaban J connectivity index is 2.20. The van der Waals surface area contributed by atoms with E-state index in [0.717, 1.165) is 15.9 Å². The minimum Gasteiger partial charge on any atom is -0.240 e. The zero-order valence-electron chi connectivity index (χ0n) is 12.3. The summed E-state index contributed by atoms with van der Waals surface area (Å²) in [6.45, 7) is 5.90. The van der Waals surface area contributed by atoms with Crippen LogP contribution in [0, 0.1) is 5.92 Å². The summed E-state index contributed by atoms with van der Waals surface area (Å²) < 4.78 is 18.8. The van der Waals surface area contributed by atoms with Gasteiger partial charge in [0.25, 0.3) is 0 Å². The van der Waals surface area contributed by atoms with Crippen LogP contribution < -0.4 is 0 Å². The molecular formula is C15H18BrN3OS. The Labute approximate surface area is 136 Å². The highest BCUT2D eigenvalue weighted by molar-refractivity contribution is 9.10. The smallest absolute Gasteiger partial charge is 0.139 e. The lowest BCUT2D eigenvalue weighted by molar-refractivity contribution is 0.666. The molecule has 1 aromatic carbocycles. The third-order valence-electron chi connectivity index (χ3n) is 2.75. The first kappa shape index (κ1) is 16.1. The maximum absolute atomic E-state index is 11.8. The van der Waals surface area contributed by atoms with Gasteiger partial charge in [-0.05, 0) is 37.1 Å². The van der Waals surface area contributed by atoms with Crippen LogP contribution in [0.15, 0.2) is 45.4 Å². The van der Waals surface area contributed by atoms with Gasteiger partial charge in [-0.1, -0.05) is 35.8 Å². The molecule has 0 amide bonds. The van der Waals surface area contributed by atoms with Gasteiger partial charge in [0.05, 0.1) is 11.4 Å². The Hall–Kier alpha value is -1.27. The quantitative estimate of drug-likeness (QED) is 0.755. The van der Waals surface area contributed by atoms with E-state index in [4.69, 9.17) is 0 Å². The summed E-state index contributed by atoms with van der Waals surface area (Å²) >= 11 is 3.45. The van der Waals surface area contributed by atoms with Crippen molar-refractivity contribution in [2.24, 2.45) is 10.3 Å². The molecule has 0 aliphatic carbocycles. The normalized spacial score (nSPS) is 13.7. The lowest BCUT2D eigenvalue weighted by atomic mass is 10.3. The van der Waals surface area contributed by atoms with Crippen LogP contribution in [0.2, 0.25) is 0 Å². The summed E-state index contributed by atoms with van der Waals surface area (Å²) in [6, 6.07) is 9.77. The van der Waals surface area contributed by atoms with Crippen LogP contribution in [0.25, 0.3) is 5.69 Å². The van der Waals surface area contributed by atoms with Gasteiger partial charge in [-0.2, -0.15) is 9.50 Å². The monoisotopic (exact) mass is 367 g/mol. The van der Waals surface area contributed by atoms with Crippen LogP contribution in [-0.2, 0) is 11.0 Å². The van der Waals surface area contributed by atoms with E-state index < -0.39 is 11.0 Å². The molecule has 1 heterocycles. The molecule has 2 aromatic rings. The second-order valence-corrected chi connectivity index (χ2v) is 7.26. The van der Waals surface area contributed by atoms with Crippen LogP contribution in [0.3, 0.4) is 0 Å². The third kappa shape index (κ3) is 4.61. The van der Waals surface area contributed by atoms with Crippen molar-refractivity contribution in [1.29, 1.82) is 0 Å². The molecule has 0 unspecified atom stereocenters. The molecule has 21 heavy (non-hydrogen) atoms. The van der Waals surface area contributed by atoms with E-state index in [1.54, 1.807) is 4.68 Å². The number of aromatic nitrogens is 2. The Bertz CT molecular complexity index is 679. The molecule has 0 aliphatic heterocycles. The molecule has 0 bridgehead atoms. The third-order valence-corrected chi connectivity index (χ3v) is 4.67. The largest absolute Gasteiger partial charge is 0.240 e. The number of hydrogen-bond donors (Lipinski definition) is 0. The fourth-order valence-corrected chi connectivity index (χ4v) is 3.23. The standard InChI is InChI=1S/C15H18BrN3OS/c1-11(2)10-21(20)18-12(3)15-7-8-19(17-15)14-6-4-5-13(16)9-14/h4-9,11H,10H2,1-3H3/t21-/m1/s1. The maximum atomic E-state index is 11.8. The van der Waals surface area contributed by atoms with Crippen molar-refractivity contribution in [2.45, 2.75) is 20.8 Å². The van der Waals surface area contributed by atoms with Crippen molar-refractivity contribution in [2.75, 3.05) is 5.75 Å². The Morgan fingerprint density at radius 1 is 1.43 bits per heavy atom. The maximum Gasteiger partial charge on any atom is 0.139 e. The first-order valence-electron chi connectivity index (χ1n) is 6.71. The van der Waals surface area contributed by atoms with Crippen molar-refractivity contribution < 1.29 is 4.21 Å². The zero-order chi connectivity index (χ0) is 15.4. The van der Waals surface area contributed by atoms with Gasteiger partial charge in [-0.25, -0.2) is 8.89 Å². The highest BCUT2D eigenvalue weighted by Gasteiger charge is 2.07. The number of rotatable bonds is 5. The number of nitrogens with zero attached hydrogens (tertiary/aromatic N) is 3. The summed E-state index contributed by atoms with van der Waals surface area (Å²) in [4.78, 5) is 0. The van der Waals surface area contributed by atoms with Crippen LogP contribution in [0.5, 0.6) is 0 Å². The lowest BCUT2D eigenvalue weighted by Gasteiger charge is -2.02. The minimum absolute atomic E-state index is 0.363. The van der Waals surface area contributed by atoms with Crippen molar-refractivity contribution in [3.8, 4) is 5.69 Å². The minimum atomic E-state index is -1.19. The Morgan fingerprint density at radius 3 is 2.86 bits per heavy atom. The first-order valence-corrected chi connectivity index (χ1v) is 8.78. The van der Waals surface area contributed by atoms with Crippen molar-refractivity contribution in [3.05, 3.63) is 46.7 Å². The molecule has 0 N–H and O–H groups in total. The molecule has 0 spiro atoms. The molecule has 0 saturated carbocycles. The van der Waals surface area contributed by atoms with Crippen LogP contribution in [0.1, 0.15) is 26.5 Å².